The number of nitrogens with zero attached hydrogens (tertiary/aromatic N) is 3. The van der Waals surface area contributed by atoms with E-state index in [-0.39, 0.29) is 24.1 Å². The molecule has 0 unspecified atom stereocenters. The Morgan fingerprint density at radius 2 is 2.22 bits per heavy atom. The minimum absolute atomic E-state index is 0.0564. The zero-order valence-electron chi connectivity index (χ0n) is 17.6. The number of imidazole rings is 1. The molecule has 1 saturated heterocycles. The second-order valence-electron chi connectivity index (χ2n) is 7.01. The molecule has 3 heterocycles. The predicted molar refractivity (Wildman–Crippen MR) is 115 cm³/mol. The monoisotopic (exact) mass is 491 g/mol. The Kier molecular flexibility index (Phi) is 8.38. The number of amides is 1. The molecule has 1 amide bonds. The summed E-state index contributed by atoms with van der Waals surface area (Å²) in [6.07, 6.45) is -0.935. The van der Waals surface area contributed by atoms with Crippen molar-refractivity contribution in [3.63, 3.8) is 0 Å². The van der Waals surface area contributed by atoms with E-state index < -0.39 is 37.1 Å². The van der Waals surface area contributed by atoms with Crippen molar-refractivity contribution in [2.45, 2.75) is 45.3 Å². The molecule has 2 aromatic heterocycles. The van der Waals surface area contributed by atoms with E-state index in [2.05, 4.69) is 20.3 Å². The van der Waals surface area contributed by atoms with Crippen LogP contribution in [-0.2, 0) is 15.9 Å². The lowest BCUT2D eigenvalue weighted by Gasteiger charge is -2.38. The highest BCUT2D eigenvalue weighted by molar-refractivity contribution is 7.17. The third-order valence-electron chi connectivity index (χ3n) is 4.85. The van der Waals surface area contributed by atoms with Gasteiger partial charge in [0.25, 0.3) is 12.3 Å². The highest BCUT2D eigenvalue weighted by Gasteiger charge is 2.34. The van der Waals surface area contributed by atoms with Gasteiger partial charge < -0.3 is 24.7 Å². The molecule has 9 nitrogen and oxygen atoms in total. The summed E-state index contributed by atoms with van der Waals surface area (Å²) in [6.45, 7) is 3.77. The van der Waals surface area contributed by atoms with E-state index in [1.807, 2.05) is 11.8 Å². The SMILES string of the molecule is CCOC(=O)c1cnc(N2CC[C@@H](NC(=O)c3nc(Cl)c(CC)[nH]3)[C@@H](OCC(F)F)C2)s1. The number of aromatic amines is 1. The molecule has 13 heteroatoms. The fraction of sp³-hybridized carbons (Fsp3) is 0.579. The molecule has 0 aliphatic carbocycles. The van der Waals surface area contributed by atoms with Gasteiger partial charge in [0.15, 0.2) is 16.1 Å². The van der Waals surface area contributed by atoms with Crippen molar-refractivity contribution in [1.82, 2.24) is 20.3 Å². The van der Waals surface area contributed by atoms with Crippen LogP contribution in [0, 0.1) is 0 Å². The number of hydrogen-bond donors (Lipinski definition) is 2. The summed E-state index contributed by atoms with van der Waals surface area (Å²) >= 11 is 7.15. The number of halogens is 3. The van der Waals surface area contributed by atoms with Gasteiger partial charge in [0.1, 0.15) is 11.5 Å². The van der Waals surface area contributed by atoms with Crippen LogP contribution in [-0.4, -0.2) is 71.7 Å². The Bertz CT molecular complexity index is 941. The van der Waals surface area contributed by atoms with Crippen LogP contribution in [0.3, 0.4) is 0 Å². The van der Waals surface area contributed by atoms with Crippen LogP contribution >= 0.6 is 22.9 Å². The van der Waals surface area contributed by atoms with Crippen molar-refractivity contribution >= 4 is 39.9 Å². The Morgan fingerprint density at radius 1 is 1.44 bits per heavy atom. The molecule has 2 N–H and O–H groups in total. The van der Waals surface area contributed by atoms with E-state index in [9.17, 15) is 18.4 Å². The molecule has 1 aliphatic heterocycles. The molecular formula is C19H24ClF2N5O4S. The fourth-order valence-corrected chi connectivity index (χ4v) is 4.41. The maximum absolute atomic E-state index is 12.8. The highest BCUT2D eigenvalue weighted by atomic mass is 35.5. The van der Waals surface area contributed by atoms with E-state index in [1.165, 1.54) is 6.20 Å². The second kappa shape index (κ2) is 11.0. The lowest BCUT2D eigenvalue weighted by atomic mass is 10.0. The Morgan fingerprint density at radius 3 is 2.88 bits per heavy atom. The highest BCUT2D eigenvalue weighted by Crippen LogP contribution is 2.27. The number of ether oxygens (including phenoxy) is 2. The quantitative estimate of drug-likeness (QED) is 0.519. The Balaban J connectivity index is 1.69. The number of aryl methyl sites for hydroxylation is 1. The average Bonchev–Trinajstić information content (AvgIpc) is 3.40. The van der Waals surface area contributed by atoms with Gasteiger partial charge in [-0.05, 0) is 19.8 Å². The van der Waals surface area contributed by atoms with E-state index >= 15 is 0 Å². The van der Waals surface area contributed by atoms with Crippen LogP contribution in [0.15, 0.2) is 6.20 Å². The number of nitrogens with one attached hydrogen (secondary N) is 2. The number of hydrogen-bond acceptors (Lipinski definition) is 8. The maximum Gasteiger partial charge on any atom is 0.350 e. The van der Waals surface area contributed by atoms with Gasteiger partial charge in [-0.2, -0.15) is 0 Å². The molecule has 2 atom stereocenters. The fourth-order valence-electron chi connectivity index (χ4n) is 3.29. The van der Waals surface area contributed by atoms with Crippen LogP contribution in [0.2, 0.25) is 5.15 Å². The standard InChI is InChI=1S/C19H24ClF2N5O4S/c1-3-10-15(20)26-16(24-10)17(28)25-11-5-6-27(8-12(11)31-9-14(21)22)19-23-7-13(32-19)18(29)30-4-2/h7,11-12,14H,3-6,8-9H2,1-2H3,(H,24,26)(H,25,28)/t11-,12+/m1/s1. The number of thiazole rings is 1. The third-order valence-corrected chi connectivity index (χ3v) is 6.20. The molecule has 2 aromatic rings. The summed E-state index contributed by atoms with van der Waals surface area (Å²) < 4.78 is 36.0. The van der Waals surface area contributed by atoms with E-state index in [4.69, 9.17) is 21.1 Å². The summed E-state index contributed by atoms with van der Waals surface area (Å²) in [5, 5.41) is 3.58. The van der Waals surface area contributed by atoms with E-state index in [0.717, 1.165) is 11.3 Å². The summed E-state index contributed by atoms with van der Waals surface area (Å²) in [5.74, 6) is -0.900. The van der Waals surface area contributed by atoms with Crippen molar-refractivity contribution < 1.29 is 27.8 Å². The van der Waals surface area contributed by atoms with Crippen LogP contribution in [0.5, 0.6) is 0 Å². The molecule has 176 valence electrons. The first-order valence-electron chi connectivity index (χ1n) is 10.1. The maximum atomic E-state index is 12.8. The molecule has 0 spiro atoms. The first kappa shape index (κ1) is 24.3. The number of esters is 1. The zero-order valence-corrected chi connectivity index (χ0v) is 19.1. The number of carbonyl (C=O) groups is 2. The number of alkyl halides is 2. The summed E-state index contributed by atoms with van der Waals surface area (Å²) in [6, 6.07) is -0.518. The van der Waals surface area contributed by atoms with E-state index in [1.54, 1.807) is 6.92 Å². The third kappa shape index (κ3) is 5.93. The van der Waals surface area contributed by atoms with Gasteiger partial charge in [-0.1, -0.05) is 29.9 Å². The van der Waals surface area contributed by atoms with Crippen molar-refractivity contribution in [2.24, 2.45) is 0 Å². The van der Waals surface area contributed by atoms with Crippen LogP contribution in [0.4, 0.5) is 13.9 Å². The van der Waals surface area contributed by atoms with Gasteiger partial charge in [-0.25, -0.2) is 23.5 Å². The van der Waals surface area contributed by atoms with Gasteiger partial charge in [0, 0.05) is 13.1 Å². The molecule has 1 aliphatic rings. The van der Waals surface area contributed by atoms with Crippen LogP contribution in [0.25, 0.3) is 0 Å². The summed E-state index contributed by atoms with van der Waals surface area (Å²) in [4.78, 5) is 37.8. The number of piperidine rings is 1. The van der Waals surface area contributed by atoms with E-state index in [0.29, 0.717) is 35.1 Å². The molecule has 32 heavy (non-hydrogen) atoms. The van der Waals surface area contributed by atoms with Gasteiger partial charge >= 0.3 is 5.97 Å². The predicted octanol–water partition coefficient (Wildman–Crippen LogP) is 2.92. The zero-order chi connectivity index (χ0) is 23.3. The van der Waals surface area contributed by atoms with Crippen molar-refractivity contribution in [3.05, 3.63) is 27.7 Å². The summed E-state index contributed by atoms with van der Waals surface area (Å²) in [7, 11) is 0. The normalized spacial score (nSPS) is 18.8. The molecule has 1 fully saturated rings. The van der Waals surface area contributed by atoms with Crippen molar-refractivity contribution in [1.29, 1.82) is 0 Å². The van der Waals surface area contributed by atoms with Gasteiger partial charge in [0.2, 0.25) is 0 Å². The first-order chi connectivity index (χ1) is 15.3. The Labute approximate surface area is 192 Å². The number of H-pyrrole nitrogens is 1. The molecule has 0 bridgehead atoms. The minimum atomic E-state index is -2.65. The number of aromatic nitrogens is 3. The van der Waals surface area contributed by atoms with Crippen molar-refractivity contribution in [3.8, 4) is 0 Å². The molecular weight excluding hydrogens is 468 g/mol. The number of anilines is 1. The first-order valence-corrected chi connectivity index (χ1v) is 11.3. The molecule has 3 rings (SSSR count). The number of rotatable bonds is 9. The van der Waals surface area contributed by atoms with Crippen molar-refractivity contribution in [2.75, 3.05) is 31.2 Å². The van der Waals surface area contributed by atoms with Gasteiger partial charge in [-0.15, -0.1) is 0 Å². The topological polar surface area (TPSA) is 109 Å². The Hall–Kier alpha value is -2.31. The second-order valence-corrected chi connectivity index (χ2v) is 8.38. The lowest BCUT2D eigenvalue weighted by Crippen LogP contribution is -2.55. The molecule has 0 aromatic carbocycles. The number of carbonyl (C=O) groups excluding carboxylic acids is 2. The summed E-state index contributed by atoms with van der Waals surface area (Å²) in [5.41, 5.74) is 0.637. The van der Waals surface area contributed by atoms with Gasteiger partial charge in [0.05, 0.1) is 30.6 Å². The smallest absolute Gasteiger partial charge is 0.350 e. The van der Waals surface area contributed by atoms with Gasteiger partial charge in [-0.3, -0.25) is 4.79 Å². The van der Waals surface area contributed by atoms with Crippen LogP contribution < -0.4 is 10.2 Å². The van der Waals surface area contributed by atoms with Crippen LogP contribution in [0.1, 0.15) is 46.3 Å². The molecule has 0 saturated carbocycles. The minimum Gasteiger partial charge on any atom is -0.462 e. The largest absolute Gasteiger partial charge is 0.462 e. The average molecular weight is 492 g/mol. The lowest BCUT2D eigenvalue weighted by molar-refractivity contribution is -0.0391. The molecule has 0 radical (unpaired) electrons.